The van der Waals surface area contributed by atoms with E-state index in [1.165, 1.54) is 11.1 Å². The van der Waals surface area contributed by atoms with Crippen molar-refractivity contribution in [3.63, 3.8) is 0 Å². The smallest absolute Gasteiger partial charge is 0.271 e. The molecule has 3 rings (SSSR count). The van der Waals surface area contributed by atoms with E-state index in [-0.39, 0.29) is 5.56 Å². The zero-order chi connectivity index (χ0) is 14.1. The molecule has 0 atom stereocenters. The minimum Gasteiger partial charge on any atom is -0.332 e. The number of imidazole rings is 1. The van der Waals surface area contributed by atoms with Gasteiger partial charge in [0, 0.05) is 18.5 Å². The van der Waals surface area contributed by atoms with Crippen molar-refractivity contribution in [3.05, 3.63) is 70.2 Å². The van der Waals surface area contributed by atoms with E-state index in [0.717, 1.165) is 11.4 Å². The van der Waals surface area contributed by atoms with Crippen LogP contribution in [0, 0.1) is 13.8 Å². The molecule has 0 bridgehead atoms. The summed E-state index contributed by atoms with van der Waals surface area (Å²) >= 11 is 0. The minimum atomic E-state index is -0.0524. The number of aryl methyl sites for hydroxylation is 2. The molecule has 0 aliphatic rings. The normalized spacial score (nSPS) is 10.9. The lowest BCUT2D eigenvalue weighted by Crippen LogP contribution is -2.13. The van der Waals surface area contributed by atoms with Crippen molar-refractivity contribution in [2.75, 3.05) is 0 Å². The minimum absolute atomic E-state index is 0.0524. The third kappa shape index (κ3) is 2.30. The van der Waals surface area contributed by atoms with Crippen LogP contribution in [0.4, 0.5) is 0 Å². The Hall–Kier alpha value is -2.56. The van der Waals surface area contributed by atoms with E-state index in [0.29, 0.717) is 6.54 Å². The number of rotatable bonds is 3. The summed E-state index contributed by atoms with van der Waals surface area (Å²) in [6.45, 7) is 4.70. The summed E-state index contributed by atoms with van der Waals surface area (Å²) in [6, 6.07) is 7.60. The van der Waals surface area contributed by atoms with E-state index < -0.39 is 0 Å². The molecule has 0 spiro atoms. The Morgan fingerprint density at radius 3 is 2.75 bits per heavy atom. The molecule has 1 aromatic carbocycles. The second-order valence-corrected chi connectivity index (χ2v) is 4.96. The van der Waals surface area contributed by atoms with Gasteiger partial charge in [0.15, 0.2) is 0 Å². The molecule has 3 aromatic rings. The first-order chi connectivity index (χ1) is 9.63. The van der Waals surface area contributed by atoms with Crippen molar-refractivity contribution in [1.82, 2.24) is 19.3 Å². The second-order valence-electron chi connectivity index (χ2n) is 4.96. The van der Waals surface area contributed by atoms with Gasteiger partial charge in [0.1, 0.15) is 0 Å². The average Bonchev–Trinajstić information content (AvgIpc) is 3.03. The van der Waals surface area contributed by atoms with Gasteiger partial charge in [-0.15, -0.1) is 0 Å². The lowest BCUT2D eigenvalue weighted by molar-refractivity contribution is 0.740. The number of hydrogen-bond donors (Lipinski definition) is 1. The van der Waals surface area contributed by atoms with Gasteiger partial charge in [0.2, 0.25) is 0 Å². The fraction of sp³-hybridized carbons (Fsp3) is 0.200. The summed E-state index contributed by atoms with van der Waals surface area (Å²) in [6.07, 6.45) is 5.32. The Morgan fingerprint density at radius 2 is 2.05 bits per heavy atom. The maximum atomic E-state index is 12.1. The summed E-state index contributed by atoms with van der Waals surface area (Å²) in [5.41, 5.74) is 4.04. The van der Waals surface area contributed by atoms with E-state index in [4.69, 9.17) is 0 Å². The molecule has 2 heterocycles. The van der Waals surface area contributed by atoms with Crippen LogP contribution in [0.1, 0.15) is 16.8 Å². The molecule has 1 N–H and O–H groups in total. The van der Waals surface area contributed by atoms with Crippen molar-refractivity contribution >= 4 is 0 Å². The van der Waals surface area contributed by atoms with Crippen LogP contribution in [-0.4, -0.2) is 19.3 Å². The van der Waals surface area contributed by atoms with E-state index in [1.807, 2.05) is 35.9 Å². The molecule has 0 saturated carbocycles. The first kappa shape index (κ1) is 12.5. The molecule has 0 unspecified atom stereocenters. The van der Waals surface area contributed by atoms with Crippen molar-refractivity contribution in [2.24, 2.45) is 0 Å². The van der Waals surface area contributed by atoms with Crippen molar-refractivity contribution in [1.29, 1.82) is 0 Å². The topological polar surface area (TPSA) is 55.6 Å². The number of aromatic nitrogens is 4. The van der Waals surface area contributed by atoms with Crippen LogP contribution in [0.3, 0.4) is 0 Å². The van der Waals surface area contributed by atoms with E-state index in [9.17, 15) is 4.79 Å². The predicted molar refractivity (Wildman–Crippen MR) is 77.2 cm³/mol. The molecule has 0 fully saturated rings. The molecule has 5 nitrogen and oxygen atoms in total. The highest BCUT2D eigenvalue weighted by Gasteiger charge is 2.06. The SMILES string of the molecule is Cc1ccc(-n2[nH]c(Cn3ccnc3)cc2=O)cc1C. The first-order valence-electron chi connectivity index (χ1n) is 6.48. The Kier molecular flexibility index (Phi) is 3.02. The summed E-state index contributed by atoms with van der Waals surface area (Å²) in [5.74, 6) is 0. The van der Waals surface area contributed by atoms with Crippen LogP contribution in [0.15, 0.2) is 47.8 Å². The Morgan fingerprint density at radius 1 is 1.20 bits per heavy atom. The predicted octanol–water partition coefficient (Wildman–Crippen LogP) is 2.03. The van der Waals surface area contributed by atoms with Crippen LogP contribution in [0.5, 0.6) is 0 Å². The van der Waals surface area contributed by atoms with Gasteiger partial charge in [0.25, 0.3) is 5.56 Å². The molecule has 0 aliphatic heterocycles. The van der Waals surface area contributed by atoms with Gasteiger partial charge in [-0.3, -0.25) is 9.89 Å². The number of nitrogens with zero attached hydrogens (tertiary/aromatic N) is 3. The fourth-order valence-electron chi connectivity index (χ4n) is 2.16. The third-order valence-corrected chi connectivity index (χ3v) is 3.43. The highest BCUT2D eigenvalue weighted by Crippen LogP contribution is 2.12. The van der Waals surface area contributed by atoms with Gasteiger partial charge < -0.3 is 4.57 Å². The Balaban J connectivity index is 1.96. The fourth-order valence-corrected chi connectivity index (χ4v) is 2.16. The summed E-state index contributed by atoms with van der Waals surface area (Å²) in [7, 11) is 0. The summed E-state index contributed by atoms with van der Waals surface area (Å²) in [4.78, 5) is 16.1. The molecular weight excluding hydrogens is 252 g/mol. The Labute approximate surface area is 116 Å². The van der Waals surface area contributed by atoms with Crippen LogP contribution in [-0.2, 0) is 6.54 Å². The monoisotopic (exact) mass is 268 g/mol. The number of nitrogens with one attached hydrogen (secondary N) is 1. The lowest BCUT2D eigenvalue weighted by atomic mass is 10.1. The largest absolute Gasteiger partial charge is 0.332 e. The van der Waals surface area contributed by atoms with Crippen LogP contribution in [0.2, 0.25) is 0 Å². The maximum absolute atomic E-state index is 12.1. The Bertz CT molecular complexity index is 781. The summed E-state index contributed by atoms with van der Waals surface area (Å²) in [5, 5.41) is 3.14. The highest BCUT2D eigenvalue weighted by atomic mass is 16.1. The number of H-pyrrole nitrogens is 1. The van der Waals surface area contributed by atoms with Gasteiger partial charge in [-0.25, -0.2) is 9.67 Å². The summed E-state index contributed by atoms with van der Waals surface area (Å²) < 4.78 is 3.48. The third-order valence-electron chi connectivity index (χ3n) is 3.43. The molecule has 0 radical (unpaired) electrons. The molecule has 0 aliphatic carbocycles. The zero-order valence-corrected chi connectivity index (χ0v) is 11.5. The van der Waals surface area contributed by atoms with E-state index >= 15 is 0 Å². The molecule has 102 valence electrons. The zero-order valence-electron chi connectivity index (χ0n) is 11.5. The molecule has 2 aromatic heterocycles. The number of aromatic amines is 1. The standard InChI is InChI=1S/C15H16N4O/c1-11-3-4-14(7-12(11)2)19-15(20)8-13(17-19)9-18-6-5-16-10-18/h3-8,10,17H,9H2,1-2H3. The quantitative estimate of drug-likeness (QED) is 0.790. The maximum Gasteiger partial charge on any atom is 0.271 e. The number of benzene rings is 1. The van der Waals surface area contributed by atoms with E-state index in [1.54, 1.807) is 23.3 Å². The van der Waals surface area contributed by atoms with Crippen molar-refractivity contribution < 1.29 is 0 Å². The highest BCUT2D eigenvalue weighted by molar-refractivity contribution is 5.39. The number of hydrogen-bond acceptors (Lipinski definition) is 2. The second kappa shape index (κ2) is 4.85. The molecule has 20 heavy (non-hydrogen) atoms. The van der Waals surface area contributed by atoms with Crippen LogP contribution in [0.25, 0.3) is 5.69 Å². The van der Waals surface area contributed by atoms with Crippen molar-refractivity contribution in [3.8, 4) is 5.69 Å². The lowest BCUT2D eigenvalue weighted by Gasteiger charge is -2.06. The van der Waals surface area contributed by atoms with Crippen molar-refractivity contribution in [2.45, 2.75) is 20.4 Å². The average molecular weight is 268 g/mol. The van der Waals surface area contributed by atoms with Gasteiger partial charge in [-0.05, 0) is 37.1 Å². The van der Waals surface area contributed by atoms with Gasteiger partial charge in [0.05, 0.1) is 24.3 Å². The molecule has 0 saturated heterocycles. The van der Waals surface area contributed by atoms with Crippen LogP contribution >= 0.6 is 0 Å². The van der Waals surface area contributed by atoms with Gasteiger partial charge in [-0.2, -0.15) is 0 Å². The van der Waals surface area contributed by atoms with E-state index in [2.05, 4.69) is 17.0 Å². The van der Waals surface area contributed by atoms with Crippen LogP contribution < -0.4 is 5.56 Å². The molecule has 5 heteroatoms. The molecular formula is C15H16N4O. The molecule has 0 amide bonds. The van der Waals surface area contributed by atoms with Gasteiger partial charge in [-0.1, -0.05) is 6.07 Å². The van der Waals surface area contributed by atoms with Gasteiger partial charge >= 0.3 is 0 Å². The first-order valence-corrected chi connectivity index (χ1v) is 6.48.